The van der Waals surface area contributed by atoms with E-state index in [2.05, 4.69) is 10.3 Å². The van der Waals surface area contributed by atoms with Gasteiger partial charge in [-0.1, -0.05) is 18.2 Å². The molecule has 168 valence electrons. The van der Waals surface area contributed by atoms with E-state index in [0.717, 1.165) is 10.6 Å². The minimum atomic E-state index is -3.89. The van der Waals surface area contributed by atoms with E-state index in [4.69, 9.17) is 4.74 Å². The maximum absolute atomic E-state index is 13.1. The molecule has 1 N–H and O–H groups in total. The predicted molar refractivity (Wildman–Crippen MR) is 123 cm³/mol. The molecule has 3 heterocycles. The third-order valence-electron chi connectivity index (χ3n) is 5.24. The second-order valence-electron chi connectivity index (χ2n) is 7.17. The van der Waals surface area contributed by atoms with E-state index in [0.29, 0.717) is 18.0 Å². The molecular formula is C21H21N3O5S3. The molecule has 3 aromatic rings. The lowest BCUT2D eigenvalue weighted by Gasteiger charge is -2.30. The number of esters is 1. The first-order chi connectivity index (χ1) is 15.4. The molecule has 1 saturated heterocycles. The number of piperidine rings is 1. The van der Waals surface area contributed by atoms with Gasteiger partial charge in [0.15, 0.2) is 5.13 Å². The van der Waals surface area contributed by atoms with Gasteiger partial charge in [-0.05, 0) is 36.4 Å². The zero-order chi connectivity index (χ0) is 22.7. The Labute approximate surface area is 193 Å². The molecule has 1 fully saturated rings. The molecule has 0 spiro atoms. The first-order valence-corrected chi connectivity index (χ1v) is 13.1. The number of carbonyl (C=O) groups excluding carboxylic acids is 2. The van der Waals surface area contributed by atoms with Crippen molar-refractivity contribution < 1.29 is 22.7 Å². The number of amides is 1. The molecular weight excluding hydrogens is 470 g/mol. The van der Waals surface area contributed by atoms with Crippen molar-refractivity contribution in [1.29, 1.82) is 0 Å². The Kier molecular flexibility index (Phi) is 6.70. The number of methoxy groups -OCH3 is 1. The number of hydrogen-bond donors (Lipinski definition) is 1. The van der Waals surface area contributed by atoms with Crippen molar-refractivity contribution >= 4 is 49.7 Å². The zero-order valence-corrected chi connectivity index (χ0v) is 19.6. The monoisotopic (exact) mass is 491 g/mol. The molecule has 0 saturated carbocycles. The van der Waals surface area contributed by atoms with Crippen LogP contribution in [0.5, 0.6) is 0 Å². The fraction of sp³-hybridized carbons (Fsp3) is 0.286. The fourth-order valence-electron chi connectivity index (χ4n) is 3.54. The third kappa shape index (κ3) is 4.60. The van der Waals surface area contributed by atoms with Crippen LogP contribution < -0.4 is 5.32 Å². The Balaban J connectivity index is 1.40. The molecule has 1 aliphatic heterocycles. The van der Waals surface area contributed by atoms with Crippen molar-refractivity contribution in [2.45, 2.75) is 17.7 Å². The zero-order valence-electron chi connectivity index (χ0n) is 17.2. The Morgan fingerprint density at radius 2 is 1.88 bits per heavy atom. The van der Waals surface area contributed by atoms with Gasteiger partial charge in [-0.15, -0.1) is 22.7 Å². The Hall–Kier alpha value is -2.60. The second kappa shape index (κ2) is 9.49. The summed E-state index contributed by atoms with van der Waals surface area (Å²) in [6.45, 7) is 0.377. The number of sulfonamides is 1. The number of thiazole rings is 1. The lowest BCUT2D eigenvalue weighted by atomic mass is 9.97. The van der Waals surface area contributed by atoms with Crippen LogP contribution in [0.2, 0.25) is 0 Å². The quantitative estimate of drug-likeness (QED) is 0.527. The van der Waals surface area contributed by atoms with Gasteiger partial charge in [0.2, 0.25) is 15.9 Å². The van der Waals surface area contributed by atoms with Crippen LogP contribution in [0.15, 0.2) is 52.1 Å². The van der Waals surface area contributed by atoms with Gasteiger partial charge in [0.1, 0.15) is 0 Å². The van der Waals surface area contributed by atoms with Gasteiger partial charge in [-0.25, -0.2) is 18.2 Å². The van der Waals surface area contributed by atoms with Gasteiger partial charge in [-0.2, -0.15) is 4.31 Å². The predicted octanol–water partition coefficient (Wildman–Crippen LogP) is 3.70. The molecule has 0 atom stereocenters. The summed E-state index contributed by atoms with van der Waals surface area (Å²) in [7, 11) is -2.68. The highest BCUT2D eigenvalue weighted by Crippen LogP contribution is 2.30. The van der Waals surface area contributed by atoms with E-state index >= 15 is 0 Å². The highest BCUT2D eigenvalue weighted by Gasteiger charge is 2.34. The van der Waals surface area contributed by atoms with Gasteiger partial charge in [-0.3, -0.25) is 4.79 Å². The second-order valence-corrected chi connectivity index (χ2v) is 10.9. The fourth-order valence-corrected chi connectivity index (χ4v) is 6.67. The lowest BCUT2D eigenvalue weighted by Crippen LogP contribution is -2.41. The SMILES string of the molecule is COC(=O)c1ccccc1S(=O)(=O)N1CCC(C(=O)Nc2nc(-c3cccs3)cs2)CC1. The van der Waals surface area contributed by atoms with Gasteiger partial charge >= 0.3 is 5.97 Å². The summed E-state index contributed by atoms with van der Waals surface area (Å²) in [5.41, 5.74) is 0.825. The van der Waals surface area contributed by atoms with Gasteiger partial charge in [0.25, 0.3) is 0 Å². The van der Waals surface area contributed by atoms with E-state index in [9.17, 15) is 18.0 Å². The molecule has 1 aromatic carbocycles. The average Bonchev–Trinajstić information content (AvgIpc) is 3.51. The van der Waals surface area contributed by atoms with Crippen molar-refractivity contribution in [2.24, 2.45) is 5.92 Å². The topological polar surface area (TPSA) is 106 Å². The number of ether oxygens (including phenoxy) is 1. The molecule has 11 heteroatoms. The summed E-state index contributed by atoms with van der Waals surface area (Å²) >= 11 is 2.94. The van der Waals surface area contributed by atoms with E-state index in [1.54, 1.807) is 23.5 Å². The maximum Gasteiger partial charge on any atom is 0.339 e. The third-order valence-corrected chi connectivity index (χ3v) is 8.85. The Morgan fingerprint density at radius 1 is 1.12 bits per heavy atom. The van der Waals surface area contributed by atoms with Crippen LogP contribution in [0, 0.1) is 5.92 Å². The van der Waals surface area contributed by atoms with Crippen molar-refractivity contribution in [1.82, 2.24) is 9.29 Å². The van der Waals surface area contributed by atoms with Crippen LogP contribution >= 0.6 is 22.7 Å². The number of anilines is 1. The van der Waals surface area contributed by atoms with E-state index in [-0.39, 0.29) is 35.4 Å². The number of rotatable bonds is 6. The number of aromatic nitrogens is 1. The first kappa shape index (κ1) is 22.6. The molecule has 8 nitrogen and oxygen atoms in total. The number of carbonyl (C=O) groups is 2. The molecule has 1 aliphatic rings. The highest BCUT2D eigenvalue weighted by molar-refractivity contribution is 7.89. The molecule has 0 aliphatic carbocycles. The standard InChI is InChI=1S/C21H21N3O5S3/c1-29-20(26)15-5-2-3-7-18(15)32(27,28)24-10-8-14(9-11-24)19(25)23-21-22-16(13-31-21)17-6-4-12-30-17/h2-7,12-14H,8-11H2,1H3,(H,22,23,25). The number of nitrogens with one attached hydrogen (secondary N) is 1. The minimum Gasteiger partial charge on any atom is -0.465 e. The number of nitrogens with zero attached hydrogens (tertiary/aromatic N) is 2. The highest BCUT2D eigenvalue weighted by atomic mass is 32.2. The van der Waals surface area contributed by atoms with Gasteiger partial charge in [0, 0.05) is 24.4 Å². The van der Waals surface area contributed by atoms with Crippen molar-refractivity contribution in [2.75, 3.05) is 25.5 Å². The Morgan fingerprint density at radius 3 is 2.56 bits per heavy atom. The molecule has 32 heavy (non-hydrogen) atoms. The van der Waals surface area contributed by atoms with Crippen molar-refractivity contribution in [3.8, 4) is 10.6 Å². The van der Waals surface area contributed by atoms with Crippen LogP contribution in [0.25, 0.3) is 10.6 Å². The minimum absolute atomic E-state index is 0.000168. The number of benzene rings is 1. The van der Waals surface area contributed by atoms with Gasteiger partial charge < -0.3 is 10.1 Å². The van der Waals surface area contributed by atoms with E-state index in [1.165, 1.54) is 34.9 Å². The molecule has 1 amide bonds. The summed E-state index contributed by atoms with van der Waals surface area (Å²) in [5.74, 6) is -1.18. The van der Waals surface area contributed by atoms with Crippen LogP contribution in [0.1, 0.15) is 23.2 Å². The summed E-state index contributed by atoms with van der Waals surface area (Å²) in [5, 5.41) is 7.25. The largest absolute Gasteiger partial charge is 0.465 e. The van der Waals surface area contributed by atoms with Gasteiger partial charge in [0.05, 0.1) is 28.1 Å². The average molecular weight is 492 g/mol. The van der Waals surface area contributed by atoms with E-state index in [1.807, 2.05) is 22.9 Å². The van der Waals surface area contributed by atoms with Crippen molar-refractivity contribution in [3.63, 3.8) is 0 Å². The normalized spacial score (nSPS) is 15.4. The van der Waals surface area contributed by atoms with Crippen LogP contribution in [-0.2, 0) is 19.6 Å². The molecule has 0 bridgehead atoms. The van der Waals surface area contributed by atoms with Crippen LogP contribution in [0.3, 0.4) is 0 Å². The van der Waals surface area contributed by atoms with Crippen molar-refractivity contribution in [3.05, 3.63) is 52.7 Å². The summed E-state index contributed by atoms with van der Waals surface area (Å²) in [6, 6.07) is 9.90. The molecule has 2 aromatic heterocycles. The summed E-state index contributed by atoms with van der Waals surface area (Å²) in [6.07, 6.45) is 0.767. The Bertz CT molecular complexity index is 1210. The van der Waals surface area contributed by atoms with E-state index < -0.39 is 16.0 Å². The molecule has 0 unspecified atom stereocenters. The smallest absolute Gasteiger partial charge is 0.339 e. The summed E-state index contributed by atoms with van der Waals surface area (Å²) in [4.78, 5) is 30.1. The van der Waals surface area contributed by atoms with Crippen LogP contribution in [0.4, 0.5) is 5.13 Å². The number of thiophene rings is 1. The van der Waals surface area contributed by atoms with Crippen LogP contribution in [-0.4, -0.2) is 49.8 Å². The maximum atomic E-state index is 13.1. The lowest BCUT2D eigenvalue weighted by molar-refractivity contribution is -0.120. The number of hydrogen-bond acceptors (Lipinski definition) is 8. The molecule has 0 radical (unpaired) electrons. The molecule has 4 rings (SSSR count). The summed E-state index contributed by atoms with van der Waals surface area (Å²) < 4.78 is 32.3. The first-order valence-electron chi connectivity index (χ1n) is 9.88.